The van der Waals surface area contributed by atoms with Gasteiger partial charge in [-0.3, -0.25) is 0 Å². The molecule has 16 heavy (non-hydrogen) atoms. The highest BCUT2D eigenvalue weighted by Crippen LogP contribution is 1.96. The molecule has 0 bridgehead atoms. The Labute approximate surface area is 98.7 Å². The lowest BCUT2D eigenvalue weighted by Gasteiger charge is -2.23. The second-order valence-electron chi connectivity index (χ2n) is 4.22. The molecule has 1 N–H and O–H groups in total. The third kappa shape index (κ3) is 3.94. The maximum absolute atomic E-state index is 4.29. The first-order valence-electron chi connectivity index (χ1n) is 6.09. The van der Waals surface area contributed by atoms with Gasteiger partial charge in [-0.25, -0.2) is 4.98 Å². The monoisotopic (exact) mass is 224 g/mol. The van der Waals surface area contributed by atoms with Gasteiger partial charge >= 0.3 is 0 Å². The van der Waals surface area contributed by atoms with Crippen LogP contribution in [0.1, 0.15) is 26.6 Å². The molecule has 0 amide bonds. The van der Waals surface area contributed by atoms with E-state index in [4.69, 9.17) is 0 Å². The summed E-state index contributed by atoms with van der Waals surface area (Å²) >= 11 is 0. The van der Waals surface area contributed by atoms with Crippen molar-refractivity contribution in [1.29, 1.82) is 0 Å². The van der Waals surface area contributed by atoms with Gasteiger partial charge in [0.25, 0.3) is 0 Å². The van der Waals surface area contributed by atoms with E-state index >= 15 is 0 Å². The van der Waals surface area contributed by atoms with E-state index in [-0.39, 0.29) is 0 Å². The molecule has 0 fully saturated rings. The standard InChI is InChI=1S/C12H24N4/c1-5-16(6-2)10-11(3)14-9-12-13-7-8-15(12)4/h7-8,11,14H,5-6,9-10H2,1-4H3. The summed E-state index contributed by atoms with van der Waals surface area (Å²) in [6.45, 7) is 10.8. The Balaban J connectivity index is 2.30. The molecular weight excluding hydrogens is 200 g/mol. The van der Waals surface area contributed by atoms with Gasteiger partial charge in [0.1, 0.15) is 5.82 Å². The third-order valence-electron chi connectivity index (χ3n) is 2.96. The van der Waals surface area contributed by atoms with Crippen LogP contribution in [0.25, 0.3) is 0 Å². The van der Waals surface area contributed by atoms with E-state index in [1.54, 1.807) is 0 Å². The molecule has 0 spiro atoms. The minimum atomic E-state index is 0.497. The summed E-state index contributed by atoms with van der Waals surface area (Å²) in [5.41, 5.74) is 0. The second kappa shape index (κ2) is 6.66. The molecule has 92 valence electrons. The molecule has 1 atom stereocenters. The van der Waals surface area contributed by atoms with Crippen molar-refractivity contribution in [3.63, 3.8) is 0 Å². The molecule has 0 radical (unpaired) electrons. The molecule has 1 heterocycles. The summed E-state index contributed by atoms with van der Waals surface area (Å²) in [5.74, 6) is 1.09. The fourth-order valence-electron chi connectivity index (χ4n) is 1.77. The van der Waals surface area contributed by atoms with Crippen LogP contribution in [0.2, 0.25) is 0 Å². The van der Waals surface area contributed by atoms with E-state index in [1.807, 2.05) is 19.4 Å². The van der Waals surface area contributed by atoms with Crippen molar-refractivity contribution in [3.05, 3.63) is 18.2 Å². The van der Waals surface area contributed by atoms with Crippen molar-refractivity contribution in [1.82, 2.24) is 19.8 Å². The van der Waals surface area contributed by atoms with Gasteiger partial charge in [-0.2, -0.15) is 0 Å². The van der Waals surface area contributed by atoms with E-state index in [9.17, 15) is 0 Å². The molecule has 0 saturated carbocycles. The molecule has 1 unspecified atom stereocenters. The highest BCUT2D eigenvalue weighted by Gasteiger charge is 2.07. The largest absolute Gasteiger partial charge is 0.337 e. The Morgan fingerprint density at radius 2 is 2.12 bits per heavy atom. The van der Waals surface area contributed by atoms with E-state index in [0.29, 0.717) is 6.04 Å². The molecular formula is C12H24N4. The van der Waals surface area contributed by atoms with Crippen molar-refractivity contribution in [2.75, 3.05) is 19.6 Å². The van der Waals surface area contributed by atoms with Gasteiger partial charge in [-0.15, -0.1) is 0 Å². The molecule has 0 aromatic carbocycles. The molecule has 0 saturated heterocycles. The van der Waals surface area contributed by atoms with Gasteiger partial charge in [0.05, 0.1) is 6.54 Å². The Bertz CT molecular complexity index is 291. The zero-order chi connectivity index (χ0) is 12.0. The molecule has 4 heteroatoms. The van der Waals surface area contributed by atoms with Crippen molar-refractivity contribution in [3.8, 4) is 0 Å². The fourth-order valence-corrected chi connectivity index (χ4v) is 1.77. The van der Waals surface area contributed by atoms with Crippen molar-refractivity contribution >= 4 is 0 Å². The molecule has 1 rings (SSSR count). The van der Waals surface area contributed by atoms with E-state index in [1.165, 1.54) is 0 Å². The average Bonchev–Trinajstić information content (AvgIpc) is 2.69. The van der Waals surface area contributed by atoms with Crippen LogP contribution in [-0.2, 0) is 13.6 Å². The average molecular weight is 224 g/mol. The molecule has 4 nitrogen and oxygen atoms in total. The summed E-state index contributed by atoms with van der Waals surface area (Å²) in [4.78, 5) is 6.72. The summed E-state index contributed by atoms with van der Waals surface area (Å²) in [6, 6.07) is 0.497. The van der Waals surface area contributed by atoms with E-state index in [2.05, 4.69) is 40.5 Å². The maximum Gasteiger partial charge on any atom is 0.122 e. The van der Waals surface area contributed by atoms with Crippen LogP contribution in [0.15, 0.2) is 12.4 Å². The first-order valence-corrected chi connectivity index (χ1v) is 6.09. The summed E-state index contributed by atoms with van der Waals surface area (Å²) in [7, 11) is 2.03. The highest BCUT2D eigenvalue weighted by molar-refractivity contribution is 4.90. The van der Waals surface area contributed by atoms with Gasteiger partial charge in [0, 0.05) is 32.0 Å². The lowest BCUT2D eigenvalue weighted by molar-refractivity contribution is 0.270. The number of imidazole rings is 1. The number of aryl methyl sites for hydroxylation is 1. The quantitative estimate of drug-likeness (QED) is 0.756. The van der Waals surface area contributed by atoms with Crippen molar-refractivity contribution in [2.24, 2.45) is 7.05 Å². The van der Waals surface area contributed by atoms with E-state index in [0.717, 1.165) is 32.0 Å². The van der Waals surface area contributed by atoms with E-state index < -0.39 is 0 Å². The Morgan fingerprint density at radius 1 is 1.44 bits per heavy atom. The molecule has 0 aliphatic heterocycles. The third-order valence-corrected chi connectivity index (χ3v) is 2.96. The predicted octanol–water partition coefficient (Wildman–Crippen LogP) is 1.24. The number of nitrogens with one attached hydrogen (secondary N) is 1. The zero-order valence-corrected chi connectivity index (χ0v) is 10.9. The highest BCUT2D eigenvalue weighted by atomic mass is 15.1. The predicted molar refractivity (Wildman–Crippen MR) is 67.3 cm³/mol. The number of nitrogens with zero attached hydrogens (tertiary/aromatic N) is 3. The van der Waals surface area contributed by atoms with Gasteiger partial charge in [0.2, 0.25) is 0 Å². The second-order valence-corrected chi connectivity index (χ2v) is 4.22. The van der Waals surface area contributed by atoms with Gasteiger partial charge in [-0.05, 0) is 20.0 Å². The van der Waals surface area contributed by atoms with Crippen LogP contribution in [0.4, 0.5) is 0 Å². The van der Waals surface area contributed by atoms with Crippen molar-refractivity contribution < 1.29 is 0 Å². The zero-order valence-electron chi connectivity index (χ0n) is 10.9. The van der Waals surface area contributed by atoms with Crippen LogP contribution in [0, 0.1) is 0 Å². The lowest BCUT2D eigenvalue weighted by atomic mass is 10.3. The van der Waals surface area contributed by atoms with Crippen LogP contribution in [-0.4, -0.2) is 40.1 Å². The van der Waals surface area contributed by atoms with Gasteiger partial charge < -0.3 is 14.8 Å². The van der Waals surface area contributed by atoms with Crippen LogP contribution in [0.5, 0.6) is 0 Å². The number of hydrogen-bond acceptors (Lipinski definition) is 3. The molecule has 0 aliphatic carbocycles. The first-order chi connectivity index (χ1) is 7.67. The molecule has 1 aromatic heterocycles. The smallest absolute Gasteiger partial charge is 0.122 e. The first kappa shape index (κ1) is 13.2. The Kier molecular flexibility index (Phi) is 5.49. The van der Waals surface area contributed by atoms with Crippen LogP contribution >= 0.6 is 0 Å². The van der Waals surface area contributed by atoms with Crippen molar-refractivity contribution in [2.45, 2.75) is 33.4 Å². The van der Waals surface area contributed by atoms with Crippen LogP contribution < -0.4 is 5.32 Å². The lowest BCUT2D eigenvalue weighted by Crippen LogP contribution is -2.39. The number of hydrogen-bond donors (Lipinski definition) is 1. The normalized spacial score (nSPS) is 13.3. The Hall–Kier alpha value is -0.870. The SMILES string of the molecule is CCN(CC)CC(C)NCc1nccn1C. The number of likely N-dealkylation sites (N-methyl/N-ethyl adjacent to an activating group) is 1. The minimum Gasteiger partial charge on any atom is -0.337 e. The summed E-state index contributed by atoms with van der Waals surface area (Å²) in [6.07, 6.45) is 3.82. The topological polar surface area (TPSA) is 33.1 Å². The van der Waals surface area contributed by atoms with Gasteiger partial charge in [-0.1, -0.05) is 13.8 Å². The number of aromatic nitrogens is 2. The van der Waals surface area contributed by atoms with Gasteiger partial charge in [0.15, 0.2) is 0 Å². The summed E-state index contributed by atoms with van der Waals surface area (Å²) in [5, 5.41) is 3.50. The Morgan fingerprint density at radius 3 is 2.62 bits per heavy atom. The minimum absolute atomic E-state index is 0.497. The maximum atomic E-state index is 4.29. The summed E-state index contributed by atoms with van der Waals surface area (Å²) < 4.78 is 2.05. The van der Waals surface area contributed by atoms with Crippen LogP contribution in [0.3, 0.4) is 0 Å². The number of rotatable bonds is 7. The molecule has 1 aromatic rings. The molecule has 0 aliphatic rings. The fraction of sp³-hybridized carbons (Fsp3) is 0.750.